The van der Waals surface area contributed by atoms with Gasteiger partial charge < -0.3 is 15.5 Å². The first-order valence-electron chi connectivity index (χ1n) is 10.4. The number of rotatable bonds is 6. The maximum absolute atomic E-state index is 13.3. The third kappa shape index (κ3) is 4.30. The van der Waals surface area contributed by atoms with Crippen LogP contribution in [0.4, 0.5) is 0 Å². The molecule has 1 unspecified atom stereocenters. The second-order valence-electron chi connectivity index (χ2n) is 8.35. The van der Waals surface area contributed by atoms with E-state index in [0.717, 1.165) is 49.2 Å². The first-order chi connectivity index (χ1) is 14.4. The molecule has 2 aromatic rings. The van der Waals surface area contributed by atoms with Gasteiger partial charge in [-0.15, -0.1) is 0 Å². The number of nitrogens with two attached hydrogens (primary N) is 1. The average molecular weight is 469 g/mol. The summed E-state index contributed by atoms with van der Waals surface area (Å²) in [5.74, 6) is 0.348. The van der Waals surface area contributed by atoms with Crippen LogP contribution in [0, 0.1) is 25.2 Å². The van der Waals surface area contributed by atoms with Gasteiger partial charge in [-0.05, 0) is 61.4 Å². The van der Waals surface area contributed by atoms with Gasteiger partial charge in [-0.25, -0.2) is 0 Å². The summed E-state index contributed by atoms with van der Waals surface area (Å²) in [6, 6.07) is 13.8. The predicted molar refractivity (Wildman–Crippen MR) is 121 cm³/mol. The molecule has 30 heavy (non-hydrogen) atoms. The van der Waals surface area contributed by atoms with E-state index in [4.69, 9.17) is 5.73 Å². The van der Waals surface area contributed by atoms with Crippen LogP contribution in [-0.2, 0) is 0 Å². The average Bonchev–Trinajstić information content (AvgIpc) is 3.29. The molecule has 4 rings (SSSR count). The number of halogens is 1. The summed E-state index contributed by atoms with van der Waals surface area (Å²) in [5.41, 5.74) is 8.31. The SMILES string of the molecule is Cc1c(Br)ccc(C(N)=O)c1C(=O)N1CC2CN(CC[CH]c3ccccc3)C[C@H]2C1. The highest BCUT2D eigenvalue weighted by Crippen LogP contribution is 2.33. The van der Waals surface area contributed by atoms with Crippen molar-refractivity contribution in [2.75, 3.05) is 32.7 Å². The van der Waals surface area contributed by atoms with Crippen LogP contribution in [0.25, 0.3) is 0 Å². The Balaban J connectivity index is 1.35. The highest BCUT2D eigenvalue weighted by atomic mass is 79.9. The Labute approximate surface area is 186 Å². The third-order valence-electron chi connectivity index (χ3n) is 6.35. The molecular formula is C24H27BrN3O2. The number of benzene rings is 2. The smallest absolute Gasteiger partial charge is 0.254 e. The zero-order valence-corrected chi connectivity index (χ0v) is 18.8. The van der Waals surface area contributed by atoms with Gasteiger partial charge in [0.2, 0.25) is 5.91 Å². The quantitative estimate of drug-likeness (QED) is 0.705. The summed E-state index contributed by atoms with van der Waals surface area (Å²) in [6.45, 7) is 6.44. The second kappa shape index (κ2) is 8.90. The normalized spacial score (nSPS) is 21.1. The Morgan fingerprint density at radius 3 is 2.37 bits per heavy atom. The Morgan fingerprint density at radius 2 is 1.73 bits per heavy atom. The molecule has 1 radical (unpaired) electrons. The summed E-state index contributed by atoms with van der Waals surface area (Å²) < 4.78 is 0.816. The standard InChI is InChI=1S/C24H27BrN3O2/c1-16-21(25)10-9-20(23(26)29)22(16)24(30)28-14-18-12-27(13-19(18)15-28)11-5-8-17-6-3-2-4-7-17/h2-4,6-10,18-19H,5,11-15H2,1H3,(H2,26,29)/t18-,19?/m0/s1. The summed E-state index contributed by atoms with van der Waals surface area (Å²) in [7, 11) is 0. The molecule has 5 nitrogen and oxygen atoms in total. The van der Waals surface area contributed by atoms with Crippen molar-refractivity contribution in [1.82, 2.24) is 9.80 Å². The number of hydrogen-bond acceptors (Lipinski definition) is 3. The van der Waals surface area contributed by atoms with E-state index in [1.54, 1.807) is 12.1 Å². The lowest BCUT2D eigenvalue weighted by Gasteiger charge is -2.23. The fraction of sp³-hybridized carbons (Fsp3) is 0.375. The van der Waals surface area contributed by atoms with Crippen molar-refractivity contribution in [2.24, 2.45) is 17.6 Å². The minimum atomic E-state index is -0.561. The zero-order valence-electron chi connectivity index (χ0n) is 17.2. The summed E-state index contributed by atoms with van der Waals surface area (Å²) >= 11 is 3.47. The molecule has 2 fully saturated rings. The predicted octanol–water partition coefficient (Wildman–Crippen LogP) is 3.50. The third-order valence-corrected chi connectivity index (χ3v) is 7.21. The zero-order chi connectivity index (χ0) is 21.3. The number of nitrogens with zero attached hydrogens (tertiary/aromatic N) is 2. The van der Waals surface area contributed by atoms with Crippen LogP contribution in [0.3, 0.4) is 0 Å². The van der Waals surface area contributed by atoms with Crippen molar-refractivity contribution in [3.05, 3.63) is 75.6 Å². The molecule has 0 saturated carbocycles. The van der Waals surface area contributed by atoms with E-state index in [1.165, 1.54) is 5.56 Å². The number of carbonyl (C=O) groups is 2. The summed E-state index contributed by atoms with van der Waals surface area (Å²) in [5, 5.41) is 0. The number of primary amides is 1. The molecule has 2 heterocycles. The van der Waals surface area contributed by atoms with Crippen molar-refractivity contribution in [1.29, 1.82) is 0 Å². The Bertz CT molecular complexity index is 933. The number of amides is 2. The molecule has 2 aromatic carbocycles. The van der Waals surface area contributed by atoms with Crippen LogP contribution >= 0.6 is 15.9 Å². The largest absolute Gasteiger partial charge is 0.366 e. The molecule has 2 aliphatic heterocycles. The van der Waals surface area contributed by atoms with Crippen molar-refractivity contribution in [2.45, 2.75) is 13.3 Å². The van der Waals surface area contributed by atoms with Gasteiger partial charge in [0, 0.05) is 30.7 Å². The van der Waals surface area contributed by atoms with Crippen LogP contribution < -0.4 is 5.73 Å². The molecular weight excluding hydrogens is 442 g/mol. The minimum absolute atomic E-state index is 0.0824. The number of carbonyl (C=O) groups excluding carboxylic acids is 2. The molecule has 6 heteroatoms. The van der Waals surface area contributed by atoms with Gasteiger partial charge in [0.25, 0.3) is 5.91 Å². The molecule has 0 bridgehead atoms. The molecule has 2 amide bonds. The van der Waals surface area contributed by atoms with Gasteiger partial charge in [-0.2, -0.15) is 0 Å². The molecule has 0 aromatic heterocycles. The first-order valence-corrected chi connectivity index (χ1v) is 11.2. The van der Waals surface area contributed by atoms with E-state index in [0.29, 0.717) is 23.0 Å². The van der Waals surface area contributed by atoms with Crippen LogP contribution in [0.5, 0.6) is 0 Å². The van der Waals surface area contributed by atoms with E-state index >= 15 is 0 Å². The molecule has 2 N–H and O–H groups in total. The Hall–Kier alpha value is -2.18. The monoisotopic (exact) mass is 468 g/mol. The number of fused-ring (bicyclic) bond motifs is 1. The Morgan fingerprint density at radius 1 is 1.07 bits per heavy atom. The van der Waals surface area contributed by atoms with Gasteiger partial charge in [0.15, 0.2) is 0 Å². The molecule has 2 saturated heterocycles. The van der Waals surface area contributed by atoms with Crippen LogP contribution in [0.15, 0.2) is 46.9 Å². The van der Waals surface area contributed by atoms with Crippen molar-refractivity contribution in [3.8, 4) is 0 Å². The molecule has 0 aliphatic carbocycles. The van der Waals surface area contributed by atoms with E-state index in [9.17, 15) is 9.59 Å². The van der Waals surface area contributed by atoms with Gasteiger partial charge in [0.05, 0.1) is 11.1 Å². The number of hydrogen-bond donors (Lipinski definition) is 1. The van der Waals surface area contributed by atoms with E-state index in [-0.39, 0.29) is 5.91 Å². The van der Waals surface area contributed by atoms with Crippen LogP contribution in [0.1, 0.15) is 38.3 Å². The van der Waals surface area contributed by atoms with Gasteiger partial charge in [0.1, 0.15) is 0 Å². The fourth-order valence-corrected chi connectivity index (χ4v) is 5.10. The lowest BCUT2D eigenvalue weighted by Crippen LogP contribution is -2.35. The maximum Gasteiger partial charge on any atom is 0.254 e. The van der Waals surface area contributed by atoms with Crippen molar-refractivity contribution in [3.63, 3.8) is 0 Å². The lowest BCUT2D eigenvalue weighted by molar-refractivity contribution is 0.0768. The lowest BCUT2D eigenvalue weighted by atomic mass is 10.00. The van der Waals surface area contributed by atoms with E-state index in [1.807, 2.05) is 17.9 Å². The highest BCUT2D eigenvalue weighted by Gasteiger charge is 2.42. The maximum atomic E-state index is 13.3. The van der Waals surface area contributed by atoms with E-state index < -0.39 is 5.91 Å². The first kappa shape index (κ1) is 21.1. The highest BCUT2D eigenvalue weighted by molar-refractivity contribution is 9.10. The van der Waals surface area contributed by atoms with Crippen molar-refractivity contribution >= 4 is 27.7 Å². The second-order valence-corrected chi connectivity index (χ2v) is 9.21. The van der Waals surface area contributed by atoms with Crippen LogP contribution in [-0.4, -0.2) is 54.3 Å². The molecule has 0 spiro atoms. The minimum Gasteiger partial charge on any atom is -0.366 e. The van der Waals surface area contributed by atoms with Crippen molar-refractivity contribution < 1.29 is 9.59 Å². The topological polar surface area (TPSA) is 66.6 Å². The fourth-order valence-electron chi connectivity index (χ4n) is 4.77. The van der Waals surface area contributed by atoms with Gasteiger partial charge >= 0.3 is 0 Å². The molecule has 2 atom stereocenters. The van der Waals surface area contributed by atoms with E-state index in [2.05, 4.69) is 51.5 Å². The summed E-state index contributed by atoms with van der Waals surface area (Å²) in [6.07, 6.45) is 3.32. The van der Waals surface area contributed by atoms with Crippen LogP contribution in [0.2, 0.25) is 0 Å². The Kier molecular flexibility index (Phi) is 6.25. The number of likely N-dealkylation sites (tertiary alicyclic amines) is 2. The summed E-state index contributed by atoms with van der Waals surface area (Å²) in [4.78, 5) is 29.6. The van der Waals surface area contributed by atoms with Gasteiger partial charge in [-0.1, -0.05) is 46.3 Å². The molecule has 157 valence electrons. The van der Waals surface area contributed by atoms with Gasteiger partial charge in [-0.3, -0.25) is 9.59 Å². The molecule has 2 aliphatic rings.